The summed E-state index contributed by atoms with van der Waals surface area (Å²) < 4.78 is 0. The zero-order valence-corrected chi connectivity index (χ0v) is 22.2. The highest BCUT2D eigenvalue weighted by Gasteiger charge is 2.32. The van der Waals surface area contributed by atoms with Gasteiger partial charge >= 0.3 is 0 Å². The summed E-state index contributed by atoms with van der Waals surface area (Å²) in [6.07, 6.45) is 4.53. The number of rotatable bonds is 10. The molecule has 0 spiro atoms. The first-order chi connectivity index (χ1) is 18.5. The van der Waals surface area contributed by atoms with Crippen LogP contribution in [0, 0.1) is 0 Å². The topological polar surface area (TPSA) is 87.5 Å². The molecule has 1 heterocycles. The van der Waals surface area contributed by atoms with Gasteiger partial charge in [-0.2, -0.15) is 0 Å². The Hall–Kier alpha value is -3.45. The Labute approximate surface area is 229 Å². The van der Waals surface area contributed by atoms with Crippen molar-refractivity contribution < 1.29 is 9.59 Å². The van der Waals surface area contributed by atoms with Crippen molar-refractivity contribution in [1.82, 2.24) is 15.5 Å². The second-order valence-electron chi connectivity index (χ2n) is 9.57. The van der Waals surface area contributed by atoms with Crippen LogP contribution in [-0.4, -0.2) is 55.0 Å². The Morgan fingerprint density at radius 3 is 2.26 bits per heavy atom. The highest BCUT2D eigenvalue weighted by atomic mass is 35.5. The third-order valence-corrected chi connectivity index (χ3v) is 7.13. The number of carbonyl (C=O) groups is 2. The molecule has 0 bridgehead atoms. The molecule has 3 aromatic rings. The third-order valence-electron chi connectivity index (χ3n) is 6.88. The summed E-state index contributed by atoms with van der Waals surface area (Å²) in [7, 11) is 0. The fourth-order valence-corrected chi connectivity index (χ4v) is 4.95. The van der Waals surface area contributed by atoms with Gasteiger partial charge in [0.25, 0.3) is 0 Å². The third kappa shape index (κ3) is 7.78. The van der Waals surface area contributed by atoms with Crippen LogP contribution in [0.5, 0.6) is 0 Å². The predicted octanol–water partition coefficient (Wildman–Crippen LogP) is 4.21. The molecule has 6 nitrogen and oxygen atoms in total. The van der Waals surface area contributed by atoms with Gasteiger partial charge in [0.1, 0.15) is 0 Å². The number of nitrogens with zero attached hydrogens (tertiary/aromatic N) is 1. The monoisotopic (exact) mass is 530 g/mol. The lowest BCUT2D eigenvalue weighted by molar-refractivity contribution is -0.133. The lowest BCUT2D eigenvalue weighted by atomic mass is 9.90. The average Bonchev–Trinajstić information content (AvgIpc) is 3.09. The smallest absolute Gasteiger partial charge is 0.244 e. The van der Waals surface area contributed by atoms with Gasteiger partial charge < -0.3 is 21.3 Å². The molecule has 0 saturated carbocycles. The van der Waals surface area contributed by atoms with Crippen molar-refractivity contribution in [3.05, 3.63) is 113 Å². The summed E-state index contributed by atoms with van der Waals surface area (Å²) in [6, 6.07) is 27.5. The van der Waals surface area contributed by atoms with Crippen LogP contribution in [0.3, 0.4) is 0 Å². The molecule has 7 heteroatoms. The second-order valence-corrected chi connectivity index (χ2v) is 10.0. The first kappa shape index (κ1) is 27.6. The zero-order chi connectivity index (χ0) is 26.7. The molecule has 0 aromatic heterocycles. The first-order valence-corrected chi connectivity index (χ1v) is 13.5. The lowest BCUT2D eigenvalue weighted by Gasteiger charge is -2.29. The number of hydrogen-bond acceptors (Lipinski definition) is 4. The van der Waals surface area contributed by atoms with E-state index in [9.17, 15) is 9.59 Å². The molecule has 1 fully saturated rings. The van der Waals surface area contributed by atoms with Crippen molar-refractivity contribution in [3.63, 3.8) is 0 Å². The van der Waals surface area contributed by atoms with E-state index in [1.54, 1.807) is 18.2 Å². The largest absolute Gasteiger partial charge is 0.351 e. The summed E-state index contributed by atoms with van der Waals surface area (Å²) in [5.41, 5.74) is 9.12. The van der Waals surface area contributed by atoms with Crippen molar-refractivity contribution in [2.45, 2.75) is 30.8 Å². The minimum Gasteiger partial charge on any atom is -0.351 e. The molecule has 0 aliphatic carbocycles. The van der Waals surface area contributed by atoms with Gasteiger partial charge in [0.05, 0.1) is 6.04 Å². The van der Waals surface area contributed by atoms with Crippen LogP contribution in [0.15, 0.2) is 91.0 Å². The van der Waals surface area contributed by atoms with Crippen LogP contribution < -0.4 is 16.4 Å². The first-order valence-electron chi connectivity index (χ1n) is 13.1. The quantitative estimate of drug-likeness (QED) is 0.343. The molecule has 1 saturated heterocycles. The van der Waals surface area contributed by atoms with E-state index in [-0.39, 0.29) is 29.8 Å². The number of hydrogen-bond donors (Lipinski definition) is 3. The average molecular weight is 531 g/mol. The molecule has 1 aliphatic heterocycles. The Bertz CT molecular complexity index is 1160. The van der Waals surface area contributed by atoms with Crippen molar-refractivity contribution in [1.29, 1.82) is 0 Å². The van der Waals surface area contributed by atoms with Crippen LogP contribution in [0.2, 0.25) is 5.02 Å². The maximum Gasteiger partial charge on any atom is 0.244 e. The summed E-state index contributed by atoms with van der Waals surface area (Å²) in [5, 5.41) is 7.08. The normalized spacial score (nSPS) is 18.1. The van der Waals surface area contributed by atoms with E-state index < -0.39 is 0 Å². The minimum absolute atomic E-state index is 0.0414. The second kappa shape index (κ2) is 13.9. The van der Waals surface area contributed by atoms with Gasteiger partial charge in [-0.1, -0.05) is 84.4 Å². The molecule has 0 radical (unpaired) electrons. The zero-order valence-electron chi connectivity index (χ0n) is 21.4. The van der Waals surface area contributed by atoms with E-state index in [2.05, 4.69) is 34.9 Å². The van der Waals surface area contributed by atoms with Gasteiger partial charge in [-0.25, -0.2) is 0 Å². The Kier molecular flexibility index (Phi) is 10.1. The number of carbonyl (C=O) groups excluding carboxylic acids is 2. The molecule has 2 amide bonds. The maximum atomic E-state index is 13.6. The molecule has 198 valence electrons. The highest BCUT2D eigenvalue weighted by molar-refractivity contribution is 6.30. The van der Waals surface area contributed by atoms with E-state index in [0.717, 1.165) is 12.0 Å². The van der Waals surface area contributed by atoms with E-state index in [0.29, 0.717) is 37.6 Å². The van der Waals surface area contributed by atoms with Crippen molar-refractivity contribution >= 4 is 29.5 Å². The maximum absolute atomic E-state index is 13.6. The van der Waals surface area contributed by atoms with E-state index >= 15 is 0 Å². The minimum atomic E-state index is -0.388. The number of nitrogens with two attached hydrogens (primary N) is 1. The summed E-state index contributed by atoms with van der Waals surface area (Å²) in [5.74, 6) is -0.0596. The van der Waals surface area contributed by atoms with Gasteiger partial charge in [-0.3, -0.25) is 9.59 Å². The van der Waals surface area contributed by atoms with Crippen LogP contribution in [0.1, 0.15) is 35.4 Å². The Morgan fingerprint density at radius 2 is 1.66 bits per heavy atom. The highest BCUT2D eigenvalue weighted by Crippen LogP contribution is 2.27. The molecule has 1 aliphatic rings. The number of nitrogens with one attached hydrogen (secondary N) is 2. The molecular weight excluding hydrogens is 496 g/mol. The van der Waals surface area contributed by atoms with Crippen molar-refractivity contribution in [2.24, 2.45) is 5.73 Å². The van der Waals surface area contributed by atoms with Crippen LogP contribution in [0.4, 0.5) is 0 Å². The van der Waals surface area contributed by atoms with Crippen molar-refractivity contribution in [3.8, 4) is 0 Å². The van der Waals surface area contributed by atoms with Crippen molar-refractivity contribution in [2.75, 3.05) is 26.2 Å². The number of halogens is 1. The summed E-state index contributed by atoms with van der Waals surface area (Å²) in [4.78, 5) is 28.0. The van der Waals surface area contributed by atoms with Crippen LogP contribution >= 0.6 is 11.6 Å². The van der Waals surface area contributed by atoms with E-state index in [1.807, 2.05) is 53.4 Å². The standard InChI is InChI=1S/C31H35ClN4O2/c32-26-14-11-23(12-15-26)13-16-30(37)34-21-27-18-20-36(31(38)29(35-27)17-19-33)22-28(24-7-3-1-4-8-24)25-9-5-2-6-10-25/h1-16,27-29,35H,17-22,33H2,(H,34,37)/b16-13+/t27-,29-/m0/s1. The van der Waals surface area contributed by atoms with Gasteiger partial charge in [0.15, 0.2) is 0 Å². The summed E-state index contributed by atoms with van der Waals surface area (Å²) >= 11 is 5.92. The fourth-order valence-electron chi connectivity index (χ4n) is 4.82. The van der Waals surface area contributed by atoms with Gasteiger partial charge in [0.2, 0.25) is 11.8 Å². The van der Waals surface area contributed by atoms with Gasteiger partial charge in [-0.15, -0.1) is 0 Å². The lowest BCUT2D eigenvalue weighted by Crippen LogP contribution is -2.49. The molecule has 2 atom stereocenters. The van der Waals surface area contributed by atoms with Crippen LogP contribution in [0.25, 0.3) is 6.08 Å². The number of amides is 2. The van der Waals surface area contributed by atoms with Gasteiger partial charge in [0, 0.05) is 42.7 Å². The fraction of sp³-hybridized carbons (Fsp3) is 0.290. The molecule has 3 aromatic carbocycles. The molecule has 38 heavy (non-hydrogen) atoms. The molecule has 0 unspecified atom stereocenters. The predicted molar refractivity (Wildman–Crippen MR) is 154 cm³/mol. The Morgan fingerprint density at radius 1 is 1.03 bits per heavy atom. The SMILES string of the molecule is NCC[C@@H]1N[C@H](CNC(=O)/C=C/c2ccc(Cl)cc2)CCN(CC(c2ccccc2)c2ccccc2)C1=O. The number of benzene rings is 3. The van der Waals surface area contributed by atoms with E-state index in [4.69, 9.17) is 17.3 Å². The van der Waals surface area contributed by atoms with Crippen LogP contribution in [-0.2, 0) is 9.59 Å². The van der Waals surface area contributed by atoms with Gasteiger partial charge in [-0.05, 0) is 54.3 Å². The Balaban J connectivity index is 1.42. The molecule has 4 rings (SSSR count). The summed E-state index contributed by atoms with van der Waals surface area (Å²) in [6.45, 7) is 2.01. The molecule has 4 N–H and O–H groups in total. The molecular formula is C31H35ClN4O2. The van der Waals surface area contributed by atoms with E-state index in [1.165, 1.54) is 17.2 Å².